The third-order valence-electron chi connectivity index (χ3n) is 4.41. The lowest BCUT2D eigenvalue weighted by molar-refractivity contribution is -0.135. The standard InChI is InChI=1S/C13H16O5.C12H14O5/c1-15-10-7-9(5-6-12(14)17-3)8-11(16-2)13(10)18-4;1-15-9-6-8(4-5-11(13)14)7-10(16-2)12(9)17-3/h5-8H,1-4H3;4-7H,1-3H3,(H,13,14)/b;5-4+. The van der Waals surface area contributed by atoms with Crippen molar-refractivity contribution in [1.29, 1.82) is 0 Å². The van der Waals surface area contributed by atoms with Crippen LogP contribution in [0, 0.1) is 0 Å². The van der Waals surface area contributed by atoms with Crippen LogP contribution in [0.15, 0.2) is 36.4 Å². The molecular weight excluding hydrogens is 460 g/mol. The molecule has 0 unspecified atom stereocenters. The van der Waals surface area contributed by atoms with Gasteiger partial charge < -0.3 is 38.3 Å². The molecule has 0 radical (unpaired) electrons. The average Bonchev–Trinajstić information content (AvgIpc) is 2.89. The predicted molar refractivity (Wildman–Crippen MR) is 130 cm³/mol. The van der Waals surface area contributed by atoms with Crippen molar-refractivity contribution in [3.63, 3.8) is 0 Å². The van der Waals surface area contributed by atoms with E-state index in [4.69, 9.17) is 33.5 Å². The molecule has 0 saturated carbocycles. The fraction of sp³-hybridized carbons (Fsp3) is 0.280. The summed E-state index contributed by atoms with van der Waals surface area (Å²) in [7, 11) is 10.4. The van der Waals surface area contributed by atoms with Crippen molar-refractivity contribution in [2.24, 2.45) is 0 Å². The van der Waals surface area contributed by atoms with E-state index >= 15 is 0 Å². The van der Waals surface area contributed by atoms with Crippen LogP contribution in [-0.4, -0.2) is 66.8 Å². The summed E-state index contributed by atoms with van der Waals surface area (Å²) in [5.74, 6) is 1.57. The molecule has 35 heavy (non-hydrogen) atoms. The molecule has 0 atom stereocenters. The van der Waals surface area contributed by atoms with Crippen molar-refractivity contribution >= 4 is 24.1 Å². The Balaban J connectivity index is 0.000000351. The van der Waals surface area contributed by atoms with Crippen LogP contribution < -0.4 is 28.4 Å². The second kappa shape index (κ2) is 14.7. The molecule has 0 aliphatic rings. The second-order valence-corrected chi connectivity index (χ2v) is 6.45. The zero-order valence-electron chi connectivity index (χ0n) is 20.7. The van der Waals surface area contributed by atoms with Crippen LogP contribution in [0.4, 0.5) is 0 Å². The van der Waals surface area contributed by atoms with Gasteiger partial charge in [0.05, 0.1) is 49.8 Å². The van der Waals surface area contributed by atoms with E-state index in [9.17, 15) is 9.59 Å². The van der Waals surface area contributed by atoms with Gasteiger partial charge in [0, 0.05) is 12.2 Å². The molecule has 10 heteroatoms. The number of hydrogen-bond acceptors (Lipinski definition) is 9. The number of hydrogen-bond donors (Lipinski definition) is 1. The number of ether oxygens (including phenoxy) is 7. The lowest BCUT2D eigenvalue weighted by Crippen LogP contribution is -1.96. The van der Waals surface area contributed by atoms with Crippen LogP contribution >= 0.6 is 0 Å². The van der Waals surface area contributed by atoms with Gasteiger partial charge in [0.15, 0.2) is 23.0 Å². The van der Waals surface area contributed by atoms with E-state index in [-0.39, 0.29) is 0 Å². The number of carbonyl (C=O) groups is 2. The number of carbonyl (C=O) groups excluding carboxylic acids is 1. The minimum Gasteiger partial charge on any atom is -0.493 e. The van der Waals surface area contributed by atoms with Gasteiger partial charge in [0.2, 0.25) is 11.5 Å². The Morgan fingerprint density at radius 2 is 0.943 bits per heavy atom. The van der Waals surface area contributed by atoms with Crippen LogP contribution in [0.3, 0.4) is 0 Å². The summed E-state index contributed by atoms with van der Waals surface area (Å²) in [4.78, 5) is 21.5. The number of benzene rings is 2. The molecular formula is C25H30O10. The highest BCUT2D eigenvalue weighted by atomic mass is 16.5. The molecule has 0 aliphatic carbocycles. The largest absolute Gasteiger partial charge is 0.493 e. The molecule has 0 aromatic heterocycles. The van der Waals surface area contributed by atoms with Gasteiger partial charge in [-0.1, -0.05) is 0 Å². The zero-order chi connectivity index (χ0) is 26.4. The molecule has 0 saturated heterocycles. The first kappa shape index (κ1) is 28.7. The molecule has 0 spiro atoms. The summed E-state index contributed by atoms with van der Waals surface area (Å²) in [6.07, 6.45) is 5.42. The highest BCUT2D eigenvalue weighted by molar-refractivity contribution is 5.87. The first-order valence-corrected chi connectivity index (χ1v) is 10.0. The van der Waals surface area contributed by atoms with Gasteiger partial charge in [0.25, 0.3) is 0 Å². The Morgan fingerprint density at radius 1 is 0.600 bits per heavy atom. The van der Waals surface area contributed by atoms with Crippen LogP contribution in [0.2, 0.25) is 0 Å². The average molecular weight is 491 g/mol. The molecule has 190 valence electrons. The van der Waals surface area contributed by atoms with Gasteiger partial charge in [-0.25, -0.2) is 9.59 Å². The number of rotatable bonds is 10. The first-order chi connectivity index (χ1) is 16.8. The second-order valence-electron chi connectivity index (χ2n) is 6.45. The number of carboxylic acids is 1. The maximum atomic E-state index is 11.0. The molecule has 0 aliphatic heterocycles. The molecule has 0 fully saturated rings. The van der Waals surface area contributed by atoms with Gasteiger partial charge in [-0.3, -0.25) is 0 Å². The maximum absolute atomic E-state index is 11.0. The van der Waals surface area contributed by atoms with Crippen LogP contribution in [0.1, 0.15) is 11.1 Å². The van der Waals surface area contributed by atoms with Crippen molar-refractivity contribution in [2.45, 2.75) is 0 Å². The molecule has 1 N–H and O–H groups in total. The molecule has 0 heterocycles. The first-order valence-electron chi connectivity index (χ1n) is 10.0. The quantitative estimate of drug-likeness (QED) is 0.390. The summed E-state index contributed by atoms with van der Waals surface area (Å²) in [5, 5.41) is 8.55. The van der Waals surface area contributed by atoms with E-state index < -0.39 is 11.9 Å². The minimum absolute atomic E-state index is 0.427. The normalized spacial score (nSPS) is 10.3. The Morgan fingerprint density at radius 3 is 1.20 bits per heavy atom. The minimum atomic E-state index is -1.02. The summed E-state index contributed by atoms with van der Waals surface area (Å²) in [5.41, 5.74) is 1.40. The summed E-state index contributed by atoms with van der Waals surface area (Å²) < 4.78 is 35.5. The highest BCUT2D eigenvalue weighted by Gasteiger charge is 2.13. The summed E-state index contributed by atoms with van der Waals surface area (Å²) in [6.45, 7) is 0. The zero-order valence-corrected chi connectivity index (χ0v) is 20.7. The van der Waals surface area contributed by atoms with Crippen molar-refractivity contribution in [2.75, 3.05) is 49.8 Å². The van der Waals surface area contributed by atoms with E-state index in [1.807, 2.05) is 0 Å². The Labute approximate surface area is 204 Å². The van der Waals surface area contributed by atoms with Gasteiger partial charge in [-0.2, -0.15) is 0 Å². The fourth-order valence-corrected chi connectivity index (χ4v) is 2.80. The molecule has 2 aromatic rings. The van der Waals surface area contributed by atoms with Crippen molar-refractivity contribution in [1.82, 2.24) is 0 Å². The Hall–Kier alpha value is -4.34. The molecule has 0 bridgehead atoms. The monoisotopic (exact) mass is 490 g/mol. The molecule has 10 nitrogen and oxygen atoms in total. The lowest BCUT2D eigenvalue weighted by Gasteiger charge is -2.12. The van der Waals surface area contributed by atoms with Crippen LogP contribution in [-0.2, 0) is 14.3 Å². The summed E-state index contributed by atoms with van der Waals surface area (Å²) >= 11 is 0. The molecule has 0 amide bonds. The SMILES string of the molecule is COC(=O)C=Cc1cc(OC)c(OC)c(OC)c1.COc1cc(/C=C/C(=O)O)cc(OC)c1OC. The Kier molecular flexibility index (Phi) is 12.1. The smallest absolute Gasteiger partial charge is 0.330 e. The Bertz CT molecular complexity index is 1010. The van der Waals surface area contributed by atoms with Crippen molar-refractivity contribution in [3.05, 3.63) is 47.5 Å². The number of aliphatic carboxylic acids is 1. The summed E-state index contributed by atoms with van der Waals surface area (Å²) in [6, 6.07) is 6.81. The van der Waals surface area contributed by atoms with Crippen LogP contribution in [0.5, 0.6) is 34.5 Å². The van der Waals surface area contributed by atoms with Crippen molar-refractivity contribution < 1.29 is 47.9 Å². The van der Waals surface area contributed by atoms with Crippen molar-refractivity contribution in [3.8, 4) is 34.5 Å². The van der Waals surface area contributed by atoms with E-state index in [2.05, 4.69) is 4.74 Å². The fourth-order valence-electron chi connectivity index (χ4n) is 2.80. The van der Waals surface area contributed by atoms with Gasteiger partial charge in [0.1, 0.15) is 0 Å². The predicted octanol–water partition coefficient (Wildman–Crippen LogP) is 3.71. The topological polar surface area (TPSA) is 119 Å². The van der Waals surface area contributed by atoms with Gasteiger partial charge in [-0.05, 0) is 47.5 Å². The number of esters is 1. The van der Waals surface area contributed by atoms with E-state index in [1.165, 1.54) is 61.9 Å². The molecule has 2 aromatic carbocycles. The van der Waals surface area contributed by atoms with Gasteiger partial charge >= 0.3 is 11.9 Å². The van der Waals surface area contributed by atoms with E-state index in [1.54, 1.807) is 30.3 Å². The van der Waals surface area contributed by atoms with Gasteiger partial charge in [-0.15, -0.1) is 0 Å². The van der Waals surface area contributed by atoms with Crippen LogP contribution in [0.25, 0.3) is 12.2 Å². The molecule has 2 rings (SSSR count). The van der Waals surface area contributed by atoms with E-state index in [0.29, 0.717) is 40.1 Å². The number of methoxy groups -OCH3 is 7. The maximum Gasteiger partial charge on any atom is 0.330 e. The number of carboxylic acid groups (broad SMARTS) is 1. The third-order valence-corrected chi connectivity index (χ3v) is 4.41. The third kappa shape index (κ3) is 8.50. The highest BCUT2D eigenvalue weighted by Crippen LogP contribution is 2.39. The van der Waals surface area contributed by atoms with E-state index in [0.717, 1.165) is 11.6 Å². The lowest BCUT2D eigenvalue weighted by atomic mass is 10.1.